The van der Waals surface area contributed by atoms with Gasteiger partial charge in [0.15, 0.2) is 0 Å². The van der Waals surface area contributed by atoms with E-state index in [0.717, 1.165) is 6.07 Å². The van der Waals surface area contributed by atoms with Gasteiger partial charge in [-0.15, -0.1) is 0 Å². The smallest absolute Gasteiger partial charge is 0.419 e. The van der Waals surface area contributed by atoms with E-state index < -0.39 is 11.7 Å². The number of nitrogens with zero attached hydrogens (tertiary/aromatic N) is 3. The molecule has 8 heteroatoms. The molecule has 23 heavy (non-hydrogen) atoms. The zero-order valence-electron chi connectivity index (χ0n) is 11.9. The lowest BCUT2D eigenvalue weighted by atomic mass is 10.2. The quantitative estimate of drug-likeness (QED) is 0.849. The maximum atomic E-state index is 13.1. The van der Waals surface area contributed by atoms with Crippen LogP contribution in [-0.4, -0.2) is 29.2 Å². The molecule has 0 spiro atoms. The van der Waals surface area contributed by atoms with Crippen molar-refractivity contribution >= 4 is 17.4 Å². The van der Waals surface area contributed by atoms with Gasteiger partial charge in [-0.05, 0) is 12.1 Å². The molecule has 3 heterocycles. The minimum absolute atomic E-state index is 0.0630. The van der Waals surface area contributed by atoms with Gasteiger partial charge in [-0.25, -0.2) is 4.98 Å². The summed E-state index contributed by atoms with van der Waals surface area (Å²) in [5.74, 6) is 0.414. The lowest BCUT2D eigenvalue weighted by molar-refractivity contribution is -0.137. The molecule has 2 aromatic heterocycles. The van der Waals surface area contributed by atoms with E-state index in [0.29, 0.717) is 30.3 Å². The molecular formula is C15H13ClF3N3O. The van der Waals surface area contributed by atoms with Crippen molar-refractivity contribution in [3.63, 3.8) is 0 Å². The van der Waals surface area contributed by atoms with Crippen LogP contribution >= 0.6 is 11.6 Å². The molecule has 0 bridgehead atoms. The van der Waals surface area contributed by atoms with Crippen molar-refractivity contribution < 1.29 is 17.9 Å². The van der Waals surface area contributed by atoms with E-state index in [1.807, 2.05) is 0 Å². The summed E-state index contributed by atoms with van der Waals surface area (Å²) in [6, 6.07) is 3.95. The maximum absolute atomic E-state index is 13.1. The Balaban J connectivity index is 1.75. The largest absolute Gasteiger partial charge is 0.487 e. The number of anilines is 1. The fraction of sp³-hybridized carbons (Fsp3) is 0.333. The predicted molar refractivity (Wildman–Crippen MR) is 79.7 cm³/mol. The number of aromatic nitrogens is 2. The summed E-state index contributed by atoms with van der Waals surface area (Å²) in [6.07, 6.45) is 0.276. The van der Waals surface area contributed by atoms with Crippen molar-refractivity contribution in [3.05, 3.63) is 47.4 Å². The van der Waals surface area contributed by atoms with E-state index in [4.69, 9.17) is 16.3 Å². The second-order valence-electron chi connectivity index (χ2n) is 5.15. The van der Waals surface area contributed by atoms with Crippen molar-refractivity contribution in [1.29, 1.82) is 0 Å². The normalized spacial score (nSPS) is 18.3. The maximum Gasteiger partial charge on any atom is 0.419 e. The summed E-state index contributed by atoms with van der Waals surface area (Å²) >= 11 is 5.98. The van der Waals surface area contributed by atoms with Crippen molar-refractivity contribution in [3.8, 4) is 5.75 Å². The SMILES string of the molecule is FC(F)(F)c1cccnc1N1CCC(Oc2ccncc2Cl)C1. The third kappa shape index (κ3) is 3.50. The van der Waals surface area contributed by atoms with Gasteiger partial charge in [0.05, 0.1) is 12.1 Å². The fourth-order valence-electron chi connectivity index (χ4n) is 2.52. The Morgan fingerprint density at radius 1 is 1.26 bits per heavy atom. The van der Waals surface area contributed by atoms with Gasteiger partial charge < -0.3 is 9.64 Å². The first-order valence-corrected chi connectivity index (χ1v) is 7.36. The first kappa shape index (κ1) is 15.9. The Kier molecular flexibility index (Phi) is 4.30. The highest BCUT2D eigenvalue weighted by molar-refractivity contribution is 6.31. The van der Waals surface area contributed by atoms with Gasteiger partial charge in [-0.2, -0.15) is 13.2 Å². The van der Waals surface area contributed by atoms with Gasteiger partial charge in [-0.1, -0.05) is 11.6 Å². The molecule has 0 aliphatic carbocycles. The van der Waals surface area contributed by atoms with E-state index in [1.165, 1.54) is 18.5 Å². The number of alkyl halides is 3. The Morgan fingerprint density at radius 2 is 2.09 bits per heavy atom. The molecule has 1 atom stereocenters. The molecule has 122 valence electrons. The van der Waals surface area contributed by atoms with Gasteiger partial charge in [0.25, 0.3) is 0 Å². The van der Waals surface area contributed by atoms with Gasteiger partial charge in [-0.3, -0.25) is 4.98 Å². The van der Waals surface area contributed by atoms with Crippen LogP contribution < -0.4 is 9.64 Å². The highest BCUT2D eigenvalue weighted by Gasteiger charge is 2.37. The van der Waals surface area contributed by atoms with E-state index >= 15 is 0 Å². The van der Waals surface area contributed by atoms with Crippen LogP contribution in [0.2, 0.25) is 5.02 Å². The Hall–Kier alpha value is -2.02. The number of ether oxygens (including phenoxy) is 1. The minimum atomic E-state index is -4.43. The van der Waals surface area contributed by atoms with Crippen molar-refractivity contribution in [2.24, 2.45) is 0 Å². The zero-order chi connectivity index (χ0) is 16.4. The van der Waals surface area contributed by atoms with Gasteiger partial charge >= 0.3 is 6.18 Å². The summed E-state index contributed by atoms with van der Waals surface area (Å²) < 4.78 is 45.0. The van der Waals surface area contributed by atoms with Crippen molar-refractivity contribution in [2.45, 2.75) is 18.7 Å². The average molecular weight is 344 g/mol. The van der Waals surface area contributed by atoms with E-state index in [-0.39, 0.29) is 11.9 Å². The van der Waals surface area contributed by atoms with Crippen LogP contribution in [0.4, 0.5) is 19.0 Å². The molecule has 4 nitrogen and oxygen atoms in total. The van der Waals surface area contributed by atoms with Crippen LogP contribution in [0.1, 0.15) is 12.0 Å². The number of rotatable bonds is 3. The van der Waals surface area contributed by atoms with E-state index in [1.54, 1.807) is 17.2 Å². The summed E-state index contributed by atoms with van der Waals surface area (Å²) in [5.41, 5.74) is -0.734. The van der Waals surface area contributed by atoms with Crippen LogP contribution in [-0.2, 0) is 6.18 Å². The fourth-order valence-corrected chi connectivity index (χ4v) is 2.69. The van der Waals surface area contributed by atoms with E-state index in [2.05, 4.69) is 9.97 Å². The molecule has 1 aliphatic heterocycles. The molecule has 0 aromatic carbocycles. The van der Waals surface area contributed by atoms with Crippen LogP contribution in [0, 0.1) is 0 Å². The van der Waals surface area contributed by atoms with Crippen LogP contribution in [0.5, 0.6) is 5.75 Å². The molecule has 0 N–H and O–H groups in total. The summed E-state index contributed by atoms with van der Waals surface area (Å²) in [6.45, 7) is 0.756. The molecule has 1 aliphatic rings. The molecule has 1 unspecified atom stereocenters. The third-order valence-electron chi connectivity index (χ3n) is 3.57. The first-order chi connectivity index (χ1) is 10.9. The second kappa shape index (κ2) is 6.23. The molecule has 3 rings (SSSR count). The zero-order valence-corrected chi connectivity index (χ0v) is 12.7. The van der Waals surface area contributed by atoms with Gasteiger partial charge in [0.2, 0.25) is 0 Å². The van der Waals surface area contributed by atoms with Gasteiger partial charge in [0.1, 0.15) is 22.7 Å². The Bertz CT molecular complexity index is 696. The molecule has 2 aromatic rings. The number of halogens is 4. The molecule has 0 amide bonds. The standard InChI is InChI=1S/C15H13ClF3N3O/c16-12-8-20-6-3-13(12)23-10-4-7-22(9-10)14-11(15(17,18)19)2-1-5-21-14/h1-3,5-6,8,10H,4,7,9H2. The second-order valence-corrected chi connectivity index (χ2v) is 5.56. The number of pyridine rings is 2. The summed E-state index contributed by atoms with van der Waals surface area (Å²) in [7, 11) is 0. The molecule has 1 saturated heterocycles. The highest BCUT2D eigenvalue weighted by atomic mass is 35.5. The molecule has 0 radical (unpaired) electrons. The molecule has 0 saturated carbocycles. The lowest BCUT2D eigenvalue weighted by Crippen LogP contribution is -2.27. The minimum Gasteiger partial charge on any atom is -0.487 e. The predicted octanol–water partition coefficient (Wildman–Crippen LogP) is 3.81. The summed E-state index contributed by atoms with van der Waals surface area (Å²) in [4.78, 5) is 9.35. The van der Waals surface area contributed by atoms with Crippen molar-refractivity contribution in [2.75, 3.05) is 18.0 Å². The van der Waals surface area contributed by atoms with Crippen LogP contribution in [0.25, 0.3) is 0 Å². The van der Waals surface area contributed by atoms with E-state index in [9.17, 15) is 13.2 Å². The van der Waals surface area contributed by atoms with Crippen molar-refractivity contribution in [1.82, 2.24) is 9.97 Å². The molecule has 1 fully saturated rings. The topological polar surface area (TPSA) is 38.2 Å². The number of hydrogen-bond donors (Lipinski definition) is 0. The lowest BCUT2D eigenvalue weighted by Gasteiger charge is -2.21. The first-order valence-electron chi connectivity index (χ1n) is 6.98. The van der Waals surface area contributed by atoms with Gasteiger partial charge in [0, 0.05) is 37.6 Å². The third-order valence-corrected chi connectivity index (χ3v) is 3.85. The average Bonchev–Trinajstić information content (AvgIpc) is 2.97. The monoisotopic (exact) mass is 343 g/mol. The summed E-state index contributed by atoms with van der Waals surface area (Å²) in [5, 5.41) is 0.375. The van der Waals surface area contributed by atoms with Crippen LogP contribution in [0.3, 0.4) is 0 Å². The van der Waals surface area contributed by atoms with Crippen LogP contribution in [0.15, 0.2) is 36.8 Å². The number of hydrogen-bond acceptors (Lipinski definition) is 4. The highest BCUT2D eigenvalue weighted by Crippen LogP contribution is 2.36. The molecular weight excluding hydrogens is 331 g/mol. The Labute approximate surface area is 135 Å². The Morgan fingerprint density at radius 3 is 2.83 bits per heavy atom.